The Kier molecular flexibility index (Phi) is 4.71. The average molecular weight is 388 g/mol. The molecular weight excluding hydrogens is 370 g/mol. The van der Waals surface area contributed by atoms with E-state index in [4.69, 9.17) is 0 Å². The van der Waals surface area contributed by atoms with Gasteiger partial charge in [0, 0.05) is 29.0 Å². The molecule has 5 heteroatoms. The Bertz CT molecular complexity index is 775. The molecule has 124 valence electrons. The van der Waals surface area contributed by atoms with E-state index in [0.717, 1.165) is 15.6 Å². The molecule has 0 spiro atoms. The number of hydrogen-bond donors (Lipinski definition) is 1. The second-order valence-corrected chi connectivity index (χ2v) is 7.05. The largest absolute Gasteiger partial charge is 0.481 e. The smallest absolute Gasteiger partial charge is 0.308 e. The maximum atomic E-state index is 12.8. The Balaban J connectivity index is 1.87. The number of aryl methyl sites for hydroxylation is 1. The lowest BCUT2D eigenvalue weighted by atomic mass is 9.89. The average Bonchev–Trinajstić information content (AvgIpc) is 3.01. The van der Waals surface area contributed by atoms with Crippen LogP contribution in [0.2, 0.25) is 0 Å². The second kappa shape index (κ2) is 6.77. The van der Waals surface area contributed by atoms with E-state index in [1.807, 2.05) is 49.4 Å². The summed E-state index contributed by atoms with van der Waals surface area (Å²) in [6, 6.07) is 15.1. The number of nitrogens with zero attached hydrogens (tertiary/aromatic N) is 1. The Hall–Kier alpha value is -2.14. The van der Waals surface area contributed by atoms with Gasteiger partial charge in [0.25, 0.3) is 5.91 Å². The van der Waals surface area contributed by atoms with Crippen LogP contribution in [0.3, 0.4) is 0 Å². The predicted octanol–water partition coefficient (Wildman–Crippen LogP) is 3.70. The first-order valence-electron chi connectivity index (χ1n) is 7.80. The van der Waals surface area contributed by atoms with E-state index in [2.05, 4.69) is 15.9 Å². The summed E-state index contributed by atoms with van der Waals surface area (Å²) in [4.78, 5) is 26.2. The van der Waals surface area contributed by atoms with Crippen LogP contribution in [-0.4, -0.2) is 35.0 Å². The molecular formula is C19H18BrNO3. The number of carbonyl (C=O) groups excluding carboxylic acids is 1. The van der Waals surface area contributed by atoms with E-state index < -0.39 is 11.9 Å². The van der Waals surface area contributed by atoms with Crippen LogP contribution < -0.4 is 0 Å². The van der Waals surface area contributed by atoms with Gasteiger partial charge < -0.3 is 10.0 Å². The standard InChI is InChI=1S/C19H18BrNO3/c1-12-9-14(20)7-8-15(12)18(22)21-10-16(17(11-21)19(23)24)13-5-3-2-4-6-13/h2-9,16-17H,10-11H2,1H3,(H,23,24). The van der Waals surface area contributed by atoms with E-state index in [1.165, 1.54) is 0 Å². The van der Waals surface area contributed by atoms with Crippen molar-refractivity contribution in [3.63, 3.8) is 0 Å². The lowest BCUT2D eigenvalue weighted by Gasteiger charge is -2.18. The van der Waals surface area contributed by atoms with Crippen molar-refractivity contribution in [1.29, 1.82) is 0 Å². The van der Waals surface area contributed by atoms with Crippen molar-refractivity contribution < 1.29 is 14.7 Å². The number of carbonyl (C=O) groups is 2. The van der Waals surface area contributed by atoms with Gasteiger partial charge in [-0.15, -0.1) is 0 Å². The molecule has 0 aliphatic carbocycles. The number of benzene rings is 2. The topological polar surface area (TPSA) is 57.6 Å². The summed E-state index contributed by atoms with van der Waals surface area (Å²) >= 11 is 3.40. The van der Waals surface area contributed by atoms with Crippen molar-refractivity contribution >= 4 is 27.8 Å². The first kappa shape index (κ1) is 16.7. The van der Waals surface area contributed by atoms with Crippen LogP contribution in [0, 0.1) is 12.8 Å². The molecule has 0 radical (unpaired) electrons. The molecule has 2 aromatic carbocycles. The van der Waals surface area contributed by atoms with Gasteiger partial charge in [0.15, 0.2) is 0 Å². The van der Waals surface area contributed by atoms with Gasteiger partial charge in [0.2, 0.25) is 0 Å². The molecule has 0 bridgehead atoms. The summed E-state index contributed by atoms with van der Waals surface area (Å²) in [5, 5.41) is 9.56. The quantitative estimate of drug-likeness (QED) is 0.873. The predicted molar refractivity (Wildman–Crippen MR) is 95.1 cm³/mol. The van der Waals surface area contributed by atoms with E-state index in [9.17, 15) is 14.7 Å². The summed E-state index contributed by atoms with van der Waals surface area (Å²) in [5.74, 6) is -1.72. The molecule has 1 aliphatic heterocycles. The Morgan fingerprint density at radius 2 is 1.83 bits per heavy atom. The third-order valence-electron chi connectivity index (χ3n) is 4.57. The fourth-order valence-electron chi connectivity index (χ4n) is 3.30. The maximum absolute atomic E-state index is 12.8. The fraction of sp³-hybridized carbons (Fsp3) is 0.263. The highest BCUT2D eigenvalue weighted by molar-refractivity contribution is 9.10. The van der Waals surface area contributed by atoms with Crippen LogP contribution in [0.4, 0.5) is 0 Å². The van der Waals surface area contributed by atoms with Gasteiger partial charge in [-0.25, -0.2) is 0 Å². The Morgan fingerprint density at radius 3 is 2.46 bits per heavy atom. The van der Waals surface area contributed by atoms with Crippen molar-refractivity contribution in [2.45, 2.75) is 12.8 Å². The molecule has 2 unspecified atom stereocenters. The monoisotopic (exact) mass is 387 g/mol. The first-order valence-corrected chi connectivity index (χ1v) is 8.60. The number of carboxylic acids is 1. The van der Waals surface area contributed by atoms with Crippen LogP contribution in [-0.2, 0) is 4.79 Å². The molecule has 0 aromatic heterocycles. The molecule has 1 aliphatic rings. The zero-order chi connectivity index (χ0) is 17.3. The number of hydrogen-bond acceptors (Lipinski definition) is 2. The maximum Gasteiger partial charge on any atom is 0.308 e. The highest BCUT2D eigenvalue weighted by Gasteiger charge is 2.40. The minimum absolute atomic E-state index is 0.107. The molecule has 2 atom stereocenters. The molecule has 24 heavy (non-hydrogen) atoms. The molecule has 2 aromatic rings. The van der Waals surface area contributed by atoms with E-state index in [-0.39, 0.29) is 18.4 Å². The van der Waals surface area contributed by atoms with Crippen molar-refractivity contribution in [3.05, 3.63) is 69.7 Å². The molecule has 4 nitrogen and oxygen atoms in total. The van der Waals surface area contributed by atoms with Gasteiger partial charge in [-0.05, 0) is 36.2 Å². The van der Waals surface area contributed by atoms with Gasteiger partial charge in [-0.2, -0.15) is 0 Å². The molecule has 1 saturated heterocycles. The minimum Gasteiger partial charge on any atom is -0.481 e. The molecule has 1 fully saturated rings. The van der Waals surface area contributed by atoms with Gasteiger partial charge in [0.05, 0.1) is 5.92 Å². The third-order valence-corrected chi connectivity index (χ3v) is 5.06. The Labute approximate surface area is 149 Å². The van der Waals surface area contributed by atoms with Gasteiger partial charge in [-0.1, -0.05) is 46.3 Å². The van der Waals surface area contributed by atoms with Crippen molar-refractivity contribution in [2.24, 2.45) is 5.92 Å². The van der Waals surface area contributed by atoms with Crippen molar-refractivity contribution in [3.8, 4) is 0 Å². The SMILES string of the molecule is Cc1cc(Br)ccc1C(=O)N1CC(C(=O)O)C(c2ccccc2)C1. The van der Waals surface area contributed by atoms with Crippen molar-refractivity contribution in [1.82, 2.24) is 4.90 Å². The summed E-state index contributed by atoms with van der Waals surface area (Å²) in [6.45, 7) is 2.55. The number of likely N-dealkylation sites (tertiary alicyclic amines) is 1. The molecule has 1 N–H and O–H groups in total. The highest BCUT2D eigenvalue weighted by atomic mass is 79.9. The van der Waals surface area contributed by atoms with Gasteiger partial charge >= 0.3 is 5.97 Å². The van der Waals surface area contributed by atoms with Crippen LogP contribution in [0.5, 0.6) is 0 Å². The number of halogens is 1. The van der Waals surface area contributed by atoms with Crippen LogP contribution >= 0.6 is 15.9 Å². The molecule has 1 heterocycles. The summed E-state index contributed by atoms with van der Waals surface area (Å²) < 4.78 is 0.920. The minimum atomic E-state index is -0.855. The third kappa shape index (κ3) is 3.22. The summed E-state index contributed by atoms with van der Waals surface area (Å²) in [6.07, 6.45) is 0. The lowest BCUT2D eigenvalue weighted by Crippen LogP contribution is -2.30. The summed E-state index contributed by atoms with van der Waals surface area (Å²) in [5.41, 5.74) is 2.47. The van der Waals surface area contributed by atoms with Gasteiger partial charge in [0.1, 0.15) is 0 Å². The van der Waals surface area contributed by atoms with Crippen molar-refractivity contribution in [2.75, 3.05) is 13.1 Å². The first-order chi connectivity index (χ1) is 11.5. The number of carboxylic acid groups (broad SMARTS) is 1. The van der Waals surface area contributed by atoms with E-state index in [0.29, 0.717) is 12.1 Å². The number of rotatable bonds is 3. The van der Waals surface area contributed by atoms with Crippen LogP contribution in [0.1, 0.15) is 27.4 Å². The van der Waals surface area contributed by atoms with E-state index >= 15 is 0 Å². The van der Waals surface area contributed by atoms with Gasteiger partial charge in [-0.3, -0.25) is 9.59 Å². The van der Waals surface area contributed by atoms with Crippen LogP contribution in [0.15, 0.2) is 53.0 Å². The zero-order valence-corrected chi connectivity index (χ0v) is 14.9. The molecule has 3 rings (SSSR count). The Morgan fingerprint density at radius 1 is 1.12 bits per heavy atom. The van der Waals surface area contributed by atoms with Crippen LogP contribution in [0.25, 0.3) is 0 Å². The molecule has 1 amide bonds. The normalized spacial score (nSPS) is 20.2. The number of aliphatic carboxylic acids is 1. The van der Waals surface area contributed by atoms with E-state index in [1.54, 1.807) is 11.0 Å². The summed E-state index contributed by atoms with van der Waals surface area (Å²) in [7, 11) is 0. The lowest BCUT2D eigenvalue weighted by molar-refractivity contribution is -0.141. The zero-order valence-electron chi connectivity index (χ0n) is 13.3. The fourth-order valence-corrected chi connectivity index (χ4v) is 3.77. The second-order valence-electron chi connectivity index (χ2n) is 6.13. The molecule has 0 saturated carbocycles. The highest BCUT2D eigenvalue weighted by Crippen LogP contribution is 2.34. The number of amides is 1.